The van der Waals surface area contributed by atoms with Crippen molar-refractivity contribution >= 4 is 46.0 Å². The van der Waals surface area contributed by atoms with E-state index in [0.29, 0.717) is 17.7 Å². The topological polar surface area (TPSA) is 71.1 Å². The number of ether oxygens (including phenoxy) is 1. The van der Waals surface area contributed by atoms with Crippen LogP contribution in [-0.2, 0) is 0 Å². The normalized spacial score (nSPS) is 14.0. The van der Waals surface area contributed by atoms with E-state index in [4.69, 9.17) is 14.7 Å². The van der Waals surface area contributed by atoms with Crippen molar-refractivity contribution in [3.05, 3.63) is 138 Å². The van der Waals surface area contributed by atoms with E-state index in [9.17, 15) is 0 Å². The Bertz CT molecular complexity index is 1890. The molecule has 210 valence electrons. The van der Waals surface area contributed by atoms with Crippen LogP contribution < -0.4 is 20.1 Å². The van der Waals surface area contributed by atoms with Crippen LogP contribution in [0.25, 0.3) is 11.0 Å². The summed E-state index contributed by atoms with van der Waals surface area (Å²) < 4.78 is 9.68. The highest BCUT2D eigenvalue weighted by molar-refractivity contribution is 8.00. The fraction of sp³-hybridized carbons (Fsp3) is 0.111. The van der Waals surface area contributed by atoms with E-state index in [1.54, 1.807) is 0 Å². The first-order chi connectivity index (χ1) is 21.3. The molecular formula is C36H29N5OS. The fourth-order valence-corrected chi connectivity index (χ4v) is 6.23. The zero-order valence-electron chi connectivity index (χ0n) is 23.3. The third-order valence-corrected chi connectivity index (χ3v) is 8.59. The van der Waals surface area contributed by atoms with Gasteiger partial charge in [0.15, 0.2) is 11.6 Å². The van der Waals surface area contributed by atoms with Crippen LogP contribution in [0.1, 0.15) is 35.4 Å². The van der Waals surface area contributed by atoms with Crippen LogP contribution in [0.5, 0.6) is 11.5 Å². The smallest absolute Gasteiger partial charge is 0.180 e. The van der Waals surface area contributed by atoms with Gasteiger partial charge in [-0.25, -0.2) is 9.97 Å². The molecule has 0 unspecified atom stereocenters. The maximum absolute atomic E-state index is 6.22. The lowest BCUT2D eigenvalue weighted by Gasteiger charge is -2.28. The molecule has 0 saturated heterocycles. The molecule has 6 aromatic rings. The Morgan fingerprint density at radius 2 is 1.28 bits per heavy atom. The second-order valence-corrected chi connectivity index (χ2v) is 11.8. The number of nitrogens with zero attached hydrogens (tertiary/aromatic N) is 2. The predicted octanol–water partition coefficient (Wildman–Crippen LogP) is 9.35. The average molecular weight is 580 g/mol. The van der Waals surface area contributed by atoms with Crippen molar-refractivity contribution in [2.75, 3.05) is 15.4 Å². The van der Waals surface area contributed by atoms with Gasteiger partial charge < -0.3 is 20.1 Å². The number of benzene rings is 5. The quantitative estimate of drug-likeness (QED) is 0.155. The SMILES string of the molecule is c1cc(NC2CC2)cc(SNc2nc3ccccc3nc2Nc2ccc(C3c4ccccc4Oc4ccccc43)cc2)c1. The van der Waals surface area contributed by atoms with Gasteiger partial charge in [-0.3, -0.25) is 0 Å². The molecule has 2 heterocycles. The van der Waals surface area contributed by atoms with E-state index in [0.717, 1.165) is 38.8 Å². The third kappa shape index (κ3) is 5.35. The van der Waals surface area contributed by atoms with Gasteiger partial charge in [0.25, 0.3) is 0 Å². The lowest BCUT2D eigenvalue weighted by Crippen LogP contribution is -2.11. The van der Waals surface area contributed by atoms with Crippen molar-refractivity contribution in [3.8, 4) is 11.5 Å². The van der Waals surface area contributed by atoms with E-state index in [1.807, 2.05) is 48.5 Å². The number of hydrogen-bond donors (Lipinski definition) is 3. The van der Waals surface area contributed by atoms with Crippen molar-refractivity contribution in [2.45, 2.75) is 29.7 Å². The Morgan fingerprint density at radius 1 is 0.628 bits per heavy atom. The van der Waals surface area contributed by atoms with Crippen LogP contribution in [0.4, 0.5) is 23.0 Å². The van der Waals surface area contributed by atoms with E-state index < -0.39 is 0 Å². The fourth-order valence-electron chi connectivity index (χ4n) is 5.54. The van der Waals surface area contributed by atoms with Gasteiger partial charge in [0.2, 0.25) is 0 Å². The average Bonchev–Trinajstić information content (AvgIpc) is 3.87. The first-order valence-electron chi connectivity index (χ1n) is 14.6. The highest BCUT2D eigenvalue weighted by Crippen LogP contribution is 2.47. The Morgan fingerprint density at radius 3 is 1.98 bits per heavy atom. The van der Waals surface area contributed by atoms with Gasteiger partial charge in [-0.15, -0.1) is 0 Å². The molecule has 7 heteroatoms. The van der Waals surface area contributed by atoms with Gasteiger partial charge in [0.1, 0.15) is 11.5 Å². The van der Waals surface area contributed by atoms with E-state index >= 15 is 0 Å². The first kappa shape index (κ1) is 25.7. The van der Waals surface area contributed by atoms with Crippen LogP contribution >= 0.6 is 11.9 Å². The van der Waals surface area contributed by atoms with Crippen LogP contribution in [0.2, 0.25) is 0 Å². The van der Waals surface area contributed by atoms with Crippen LogP contribution in [0, 0.1) is 0 Å². The van der Waals surface area contributed by atoms with Crippen molar-refractivity contribution < 1.29 is 4.74 Å². The second kappa shape index (κ2) is 11.0. The number of hydrogen-bond acceptors (Lipinski definition) is 7. The highest BCUT2D eigenvalue weighted by Gasteiger charge is 2.28. The van der Waals surface area contributed by atoms with Crippen molar-refractivity contribution in [3.63, 3.8) is 0 Å². The number of nitrogens with one attached hydrogen (secondary N) is 3. The predicted molar refractivity (Wildman–Crippen MR) is 176 cm³/mol. The molecule has 1 fully saturated rings. The Labute approximate surface area is 254 Å². The number of anilines is 4. The van der Waals surface area contributed by atoms with Gasteiger partial charge in [-0.2, -0.15) is 0 Å². The molecule has 3 N–H and O–H groups in total. The molecule has 1 aromatic heterocycles. The summed E-state index contributed by atoms with van der Waals surface area (Å²) in [5.41, 5.74) is 7.30. The summed E-state index contributed by atoms with van der Waals surface area (Å²) in [7, 11) is 0. The van der Waals surface area contributed by atoms with Crippen molar-refractivity contribution in [1.82, 2.24) is 9.97 Å². The standard InChI is InChI=1S/C36H29N5OS/c1-5-14-32-28(10-1)34(29-11-2-6-15-33(29)42-32)23-16-18-25(19-17-23)38-35-36(40-31-13-4-3-12-30(31)39-35)41-43-27-9-7-8-26(22-27)37-24-20-21-24/h1-19,22,24,34,37H,20-21H2,(H,38,39)(H,40,41). The molecule has 0 atom stereocenters. The Kier molecular flexibility index (Phi) is 6.57. The maximum Gasteiger partial charge on any atom is 0.180 e. The molecule has 8 rings (SSSR count). The lowest BCUT2D eigenvalue weighted by atomic mass is 9.82. The summed E-state index contributed by atoms with van der Waals surface area (Å²) in [6, 6.07) is 42.2. The minimum Gasteiger partial charge on any atom is -0.457 e. The second-order valence-electron chi connectivity index (χ2n) is 10.9. The Hall–Kier alpha value is -5.01. The summed E-state index contributed by atoms with van der Waals surface area (Å²) >= 11 is 1.53. The number of aromatic nitrogens is 2. The minimum absolute atomic E-state index is 0.0921. The van der Waals surface area contributed by atoms with E-state index in [-0.39, 0.29) is 5.92 Å². The van der Waals surface area contributed by atoms with Gasteiger partial charge in [0, 0.05) is 39.4 Å². The van der Waals surface area contributed by atoms with Crippen molar-refractivity contribution in [1.29, 1.82) is 0 Å². The largest absolute Gasteiger partial charge is 0.457 e. The molecule has 0 bridgehead atoms. The molecule has 0 amide bonds. The molecule has 1 aliphatic carbocycles. The first-order valence-corrected chi connectivity index (χ1v) is 15.4. The van der Waals surface area contributed by atoms with Gasteiger partial charge in [-0.05, 0) is 85.0 Å². The summed E-state index contributed by atoms with van der Waals surface area (Å²) in [6.45, 7) is 0. The van der Waals surface area contributed by atoms with Gasteiger partial charge >= 0.3 is 0 Å². The number of rotatable bonds is 8. The Balaban J connectivity index is 1.08. The van der Waals surface area contributed by atoms with Crippen LogP contribution in [0.15, 0.2) is 126 Å². The summed E-state index contributed by atoms with van der Waals surface area (Å²) in [5.74, 6) is 3.26. The molecule has 0 radical (unpaired) electrons. The number of fused-ring (bicyclic) bond motifs is 3. The molecule has 1 saturated carbocycles. The van der Waals surface area contributed by atoms with E-state index in [1.165, 1.54) is 41.5 Å². The zero-order valence-corrected chi connectivity index (χ0v) is 24.1. The molecule has 6 nitrogen and oxygen atoms in total. The number of para-hydroxylation sites is 4. The molecule has 43 heavy (non-hydrogen) atoms. The molecule has 5 aromatic carbocycles. The van der Waals surface area contributed by atoms with E-state index in [2.05, 4.69) is 88.2 Å². The third-order valence-electron chi connectivity index (χ3n) is 7.80. The maximum atomic E-state index is 6.22. The highest BCUT2D eigenvalue weighted by atomic mass is 32.2. The molecule has 0 spiro atoms. The van der Waals surface area contributed by atoms with Crippen LogP contribution in [0.3, 0.4) is 0 Å². The monoisotopic (exact) mass is 579 g/mol. The molecule has 2 aliphatic rings. The summed E-state index contributed by atoms with van der Waals surface area (Å²) in [6.07, 6.45) is 2.49. The minimum atomic E-state index is 0.0921. The molecular weight excluding hydrogens is 550 g/mol. The lowest BCUT2D eigenvalue weighted by molar-refractivity contribution is 0.453. The van der Waals surface area contributed by atoms with Crippen LogP contribution in [-0.4, -0.2) is 16.0 Å². The van der Waals surface area contributed by atoms with Gasteiger partial charge in [-0.1, -0.05) is 66.7 Å². The zero-order chi connectivity index (χ0) is 28.6. The summed E-state index contributed by atoms with van der Waals surface area (Å²) in [4.78, 5) is 11.0. The van der Waals surface area contributed by atoms with Crippen molar-refractivity contribution in [2.24, 2.45) is 0 Å². The summed E-state index contributed by atoms with van der Waals surface area (Å²) in [5, 5.41) is 7.10. The van der Waals surface area contributed by atoms with Gasteiger partial charge in [0.05, 0.1) is 11.0 Å². The molecule has 1 aliphatic heterocycles.